The van der Waals surface area contributed by atoms with E-state index in [-0.39, 0.29) is 36.0 Å². The number of carbonyl (C=O) groups excluding carboxylic acids is 2. The van der Waals surface area contributed by atoms with Crippen LogP contribution in [0.15, 0.2) is 59.8 Å². The molecule has 4 rings (SSSR count). The summed E-state index contributed by atoms with van der Waals surface area (Å²) in [5.41, 5.74) is 0.828. The lowest BCUT2D eigenvalue weighted by molar-refractivity contribution is -0.138. The highest BCUT2D eigenvalue weighted by Gasteiger charge is 2.42. The Morgan fingerprint density at radius 3 is 2.33 bits per heavy atom. The molecule has 0 fully saturated rings. The van der Waals surface area contributed by atoms with E-state index >= 15 is 0 Å². The molecule has 4 nitrogen and oxygen atoms in total. The van der Waals surface area contributed by atoms with Crippen molar-refractivity contribution >= 4 is 11.7 Å². The molecule has 0 saturated heterocycles. The smallest absolute Gasteiger partial charge is 0.416 e. The fourth-order valence-corrected chi connectivity index (χ4v) is 4.40. The molecule has 0 bridgehead atoms. The third-order valence-electron chi connectivity index (χ3n) is 5.76. The van der Waals surface area contributed by atoms with Crippen molar-refractivity contribution in [3.8, 4) is 5.75 Å². The van der Waals surface area contributed by atoms with Gasteiger partial charge in [-0.05, 0) is 41.7 Å². The van der Waals surface area contributed by atoms with E-state index in [9.17, 15) is 22.8 Å². The largest absolute Gasteiger partial charge is 0.497 e. The van der Waals surface area contributed by atoms with Gasteiger partial charge in [0, 0.05) is 30.0 Å². The zero-order valence-electron chi connectivity index (χ0n) is 16.3. The van der Waals surface area contributed by atoms with Gasteiger partial charge in [-0.15, -0.1) is 0 Å². The van der Waals surface area contributed by atoms with E-state index in [0.29, 0.717) is 23.4 Å². The standard InChI is InChI=1S/C23H20F3NO3/c1-30-15-8-6-13(7-9-15)14-10-19-22(20(28)11-14)17(12-21(29)27-19)16-4-2-3-5-18(16)23(24,25)26/h2-9,14,17H,10-12H2,1H3,(H,27,29). The maximum Gasteiger partial charge on any atom is 0.416 e. The topological polar surface area (TPSA) is 55.4 Å². The molecule has 0 radical (unpaired) electrons. The van der Waals surface area contributed by atoms with Crippen LogP contribution in [0, 0.1) is 0 Å². The van der Waals surface area contributed by atoms with Crippen LogP contribution in [-0.4, -0.2) is 18.8 Å². The first-order valence-corrected chi connectivity index (χ1v) is 9.64. The monoisotopic (exact) mass is 415 g/mol. The molecule has 30 heavy (non-hydrogen) atoms. The van der Waals surface area contributed by atoms with Crippen molar-refractivity contribution < 1.29 is 27.5 Å². The van der Waals surface area contributed by atoms with Gasteiger partial charge in [0.25, 0.3) is 0 Å². The minimum Gasteiger partial charge on any atom is -0.497 e. The Morgan fingerprint density at radius 2 is 1.67 bits per heavy atom. The first kappa shape index (κ1) is 20.2. The SMILES string of the molecule is COc1ccc(C2CC(=O)C3=C(C2)NC(=O)CC3c2ccccc2C(F)(F)F)cc1. The number of ether oxygens (including phenoxy) is 1. The van der Waals surface area contributed by atoms with Gasteiger partial charge < -0.3 is 10.1 Å². The second-order valence-corrected chi connectivity index (χ2v) is 7.58. The first-order valence-electron chi connectivity index (χ1n) is 9.64. The molecule has 2 unspecified atom stereocenters. The quantitative estimate of drug-likeness (QED) is 0.789. The summed E-state index contributed by atoms with van der Waals surface area (Å²) >= 11 is 0. The number of methoxy groups -OCH3 is 1. The Hall–Kier alpha value is -3.09. The molecular formula is C23H20F3NO3. The lowest BCUT2D eigenvalue weighted by Crippen LogP contribution is -2.38. The van der Waals surface area contributed by atoms with Crippen LogP contribution in [0.3, 0.4) is 0 Å². The van der Waals surface area contributed by atoms with E-state index in [1.54, 1.807) is 19.2 Å². The molecule has 156 valence electrons. The maximum absolute atomic E-state index is 13.6. The van der Waals surface area contributed by atoms with Crippen LogP contribution < -0.4 is 10.1 Å². The maximum atomic E-state index is 13.6. The number of amides is 1. The molecule has 2 aromatic carbocycles. The van der Waals surface area contributed by atoms with E-state index in [1.165, 1.54) is 18.2 Å². The Morgan fingerprint density at radius 1 is 0.967 bits per heavy atom. The van der Waals surface area contributed by atoms with Gasteiger partial charge in [-0.3, -0.25) is 9.59 Å². The molecule has 0 spiro atoms. The van der Waals surface area contributed by atoms with Crippen molar-refractivity contribution in [1.29, 1.82) is 0 Å². The van der Waals surface area contributed by atoms with Crippen molar-refractivity contribution in [3.63, 3.8) is 0 Å². The number of Topliss-reactive ketones (excluding diaryl/α,β-unsaturated/α-hetero) is 1. The number of allylic oxidation sites excluding steroid dienone is 2. The summed E-state index contributed by atoms with van der Waals surface area (Å²) in [7, 11) is 1.56. The van der Waals surface area contributed by atoms with Gasteiger partial charge in [0.15, 0.2) is 5.78 Å². The third-order valence-corrected chi connectivity index (χ3v) is 5.76. The van der Waals surface area contributed by atoms with Gasteiger partial charge in [-0.2, -0.15) is 13.2 Å². The van der Waals surface area contributed by atoms with Crippen molar-refractivity contribution in [3.05, 3.63) is 76.5 Å². The van der Waals surface area contributed by atoms with Crippen molar-refractivity contribution in [1.82, 2.24) is 5.32 Å². The summed E-state index contributed by atoms with van der Waals surface area (Å²) in [5, 5.41) is 2.74. The molecule has 1 aliphatic carbocycles. The van der Waals surface area contributed by atoms with Crippen LogP contribution in [0.2, 0.25) is 0 Å². The van der Waals surface area contributed by atoms with E-state index in [0.717, 1.165) is 11.6 Å². The van der Waals surface area contributed by atoms with Crippen LogP contribution in [0.5, 0.6) is 5.75 Å². The minimum absolute atomic E-state index is 0.0244. The number of ketones is 1. The third kappa shape index (κ3) is 3.72. The molecule has 2 aliphatic rings. The van der Waals surface area contributed by atoms with Crippen LogP contribution >= 0.6 is 0 Å². The highest BCUT2D eigenvalue weighted by atomic mass is 19.4. The normalized spacial score (nSPS) is 21.9. The number of alkyl halides is 3. The molecule has 2 atom stereocenters. The summed E-state index contributed by atoms with van der Waals surface area (Å²) in [6.07, 6.45) is -4.16. The van der Waals surface area contributed by atoms with Crippen molar-refractivity contribution in [2.24, 2.45) is 0 Å². The lowest BCUT2D eigenvalue weighted by Gasteiger charge is -2.35. The lowest BCUT2D eigenvalue weighted by atomic mass is 9.72. The molecule has 0 saturated carbocycles. The predicted octanol–water partition coefficient (Wildman–Crippen LogP) is 4.72. The van der Waals surface area contributed by atoms with Gasteiger partial charge in [-0.1, -0.05) is 30.3 Å². The molecule has 1 heterocycles. The number of hydrogen-bond acceptors (Lipinski definition) is 3. The van der Waals surface area contributed by atoms with Crippen molar-refractivity contribution in [2.75, 3.05) is 7.11 Å². The van der Waals surface area contributed by atoms with Crippen LogP contribution in [0.4, 0.5) is 13.2 Å². The van der Waals surface area contributed by atoms with Crippen LogP contribution in [-0.2, 0) is 15.8 Å². The zero-order valence-corrected chi connectivity index (χ0v) is 16.3. The fraction of sp³-hybridized carbons (Fsp3) is 0.304. The van der Waals surface area contributed by atoms with Gasteiger partial charge >= 0.3 is 6.18 Å². The van der Waals surface area contributed by atoms with E-state index in [1.807, 2.05) is 12.1 Å². The molecule has 1 aliphatic heterocycles. The molecule has 0 aromatic heterocycles. The molecule has 2 aromatic rings. The summed E-state index contributed by atoms with van der Waals surface area (Å²) in [6.45, 7) is 0. The van der Waals surface area contributed by atoms with E-state index in [4.69, 9.17) is 4.74 Å². The summed E-state index contributed by atoms with van der Waals surface area (Å²) in [6, 6.07) is 12.5. The number of nitrogens with one attached hydrogen (secondary N) is 1. The molecule has 1 amide bonds. The second-order valence-electron chi connectivity index (χ2n) is 7.58. The van der Waals surface area contributed by atoms with E-state index in [2.05, 4.69) is 5.32 Å². The summed E-state index contributed by atoms with van der Waals surface area (Å²) in [5.74, 6) is -0.955. The highest BCUT2D eigenvalue weighted by Crippen LogP contribution is 2.45. The highest BCUT2D eigenvalue weighted by molar-refractivity contribution is 6.02. The van der Waals surface area contributed by atoms with E-state index < -0.39 is 17.7 Å². The Balaban J connectivity index is 1.73. The Labute approximate surface area is 171 Å². The second kappa shape index (κ2) is 7.63. The summed E-state index contributed by atoms with van der Waals surface area (Å²) in [4.78, 5) is 25.4. The minimum atomic E-state index is -4.56. The number of carbonyl (C=O) groups is 2. The van der Waals surface area contributed by atoms with Gasteiger partial charge in [0.05, 0.1) is 12.7 Å². The summed E-state index contributed by atoms with van der Waals surface area (Å²) < 4.78 is 45.8. The van der Waals surface area contributed by atoms with Gasteiger partial charge in [-0.25, -0.2) is 0 Å². The van der Waals surface area contributed by atoms with Crippen LogP contribution in [0.25, 0.3) is 0 Å². The number of benzene rings is 2. The zero-order chi connectivity index (χ0) is 21.5. The molecular weight excluding hydrogens is 395 g/mol. The predicted molar refractivity (Wildman–Crippen MR) is 104 cm³/mol. The van der Waals surface area contributed by atoms with Crippen molar-refractivity contribution in [2.45, 2.75) is 37.3 Å². The fourth-order valence-electron chi connectivity index (χ4n) is 4.40. The number of halogens is 3. The Bertz CT molecular complexity index is 1020. The van der Waals surface area contributed by atoms with Gasteiger partial charge in [0.1, 0.15) is 5.75 Å². The first-order chi connectivity index (χ1) is 14.3. The molecule has 7 heteroatoms. The number of rotatable bonds is 3. The average Bonchev–Trinajstić information content (AvgIpc) is 2.72. The average molecular weight is 415 g/mol. The molecule has 1 N–H and O–H groups in total. The van der Waals surface area contributed by atoms with Gasteiger partial charge in [0.2, 0.25) is 5.91 Å². The van der Waals surface area contributed by atoms with Crippen LogP contribution in [0.1, 0.15) is 47.8 Å². The Kier molecular flexibility index (Phi) is 5.13. The number of hydrogen-bond donors (Lipinski definition) is 1.